The fourth-order valence-corrected chi connectivity index (χ4v) is 4.35. The van der Waals surface area contributed by atoms with E-state index in [0.29, 0.717) is 18.4 Å². The number of ether oxygens (including phenoxy) is 1. The van der Waals surface area contributed by atoms with E-state index in [4.69, 9.17) is 4.74 Å². The van der Waals surface area contributed by atoms with Gasteiger partial charge in [0.25, 0.3) is 5.91 Å². The summed E-state index contributed by atoms with van der Waals surface area (Å²) in [6, 6.07) is 25.3. The predicted octanol–water partition coefficient (Wildman–Crippen LogP) is 5.42. The van der Waals surface area contributed by atoms with Gasteiger partial charge in [-0.15, -0.1) is 0 Å². The first-order chi connectivity index (χ1) is 17.4. The van der Waals surface area contributed by atoms with Gasteiger partial charge in [-0.2, -0.15) is 5.10 Å². The topological polar surface area (TPSA) is 73.2 Å². The molecule has 1 unspecified atom stereocenters. The van der Waals surface area contributed by atoms with Crippen LogP contribution in [0.4, 0.5) is 0 Å². The zero-order valence-corrected chi connectivity index (χ0v) is 21.1. The van der Waals surface area contributed by atoms with Crippen molar-refractivity contribution in [3.8, 4) is 5.69 Å². The van der Waals surface area contributed by atoms with Gasteiger partial charge in [0, 0.05) is 17.7 Å². The number of methoxy groups -OCH3 is 1. The monoisotopic (exact) mass is 481 g/mol. The summed E-state index contributed by atoms with van der Waals surface area (Å²) in [4.78, 5) is 24.8. The highest BCUT2D eigenvalue weighted by atomic mass is 16.5. The lowest BCUT2D eigenvalue weighted by molar-refractivity contribution is -0.140. The third-order valence-electron chi connectivity index (χ3n) is 6.44. The van der Waals surface area contributed by atoms with E-state index in [-0.39, 0.29) is 17.9 Å². The molecule has 4 rings (SSSR count). The average Bonchev–Trinajstić information content (AvgIpc) is 3.19. The summed E-state index contributed by atoms with van der Waals surface area (Å²) in [5.41, 5.74) is 7.52. The van der Waals surface area contributed by atoms with Crippen LogP contribution in [-0.4, -0.2) is 28.8 Å². The Bertz CT molecular complexity index is 1340. The summed E-state index contributed by atoms with van der Waals surface area (Å²) < 4.78 is 6.61. The van der Waals surface area contributed by atoms with Gasteiger partial charge < -0.3 is 10.1 Å². The lowest BCUT2D eigenvalue weighted by Gasteiger charge is -2.20. The van der Waals surface area contributed by atoms with Crippen LogP contribution in [0.15, 0.2) is 78.9 Å². The van der Waals surface area contributed by atoms with Crippen LogP contribution in [0.5, 0.6) is 0 Å². The lowest BCUT2D eigenvalue weighted by Crippen LogP contribution is -2.29. The predicted molar refractivity (Wildman–Crippen MR) is 140 cm³/mol. The van der Waals surface area contributed by atoms with E-state index < -0.39 is 0 Å². The van der Waals surface area contributed by atoms with Gasteiger partial charge in [-0.3, -0.25) is 9.59 Å². The van der Waals surface area contributed by atoms with Crippen LogP contribution in [0.1, 0.15) is 56.5 Å². The second-order valence-corrected chi connectivity index (χ2v) is 8.91. The zero-order chi connectivity index (χ0) is 25.7. The van der Waals surface area contributed by atoms with Crippen molar-refractivity contribution in [2.24, 2.45) is 0 Å². The summed E-state index contributed by atoms with van der Waals surface area (Å²) in [7, 11) is 1.39. The second-order valence-electron chi connectivity index (χ2n) is 8.91. The van der Waals surface area contributed by atoms with Gasteiger partial charge >= 0.3 is 5.97 Å². The van der Waals surface area contributed by atoms with E-state index in [1.165, 1.54) is 12.7 Å². The molecule has 0 aliphatic heterocycles. The molecular weight excluding hydrogens is 450 g/mol. The number of benzene rings is 3. The highest BCUT2D eigenvalue weighted by Crippen LogP contribution is 2.24. The number of esters is 1. The molecule has 1 amide bonds. The van der Waals surface area contributed by atoms with Gasteiger partial charge in [0.1, 0.15) is 0 Å². The summed E-state index contributed by atoms with van der Waals surface area (Å²) in [6.07, 6.45) is 0.886. The van der Waals surface area contributed by atoms with Crippen LogP contribution >= 0.6 is 0 Å². The maximum atomic E-state index is 13.2. The molecule has 1 aromatic heterocycles. The normalized spacial score (nSPS) is 11.7. The highest BCUT2D eigenvalue weighted by molar-refractivity contribution is 5.94. The minimum Gasteiger partial charge on any atom is -0.469 e. The molecule has 6 heteroatoms. The number of rotatable bonds is 8. The van der Waals surface area contributed by atoms with Crippen molar-refractivity contribution in [1.82, 2.24) is 15.1 Å². The Kier molecular flexibility index (Phi) is 7.64. The second kappa shape index (κ2) is 11.0. The third kappa shape index (κ3) is 5.54. The van der Waals surface area contributed by atoms with Crippen molar-refractivity contribution in [2.45, 2.75) is 39.7 Å². The van der Waals surface area contributed by atoms with E-state index in [9.17, 15) is 9.59 Å². The molecule has 0 fully saturated rings. The van der Waals surface area contributed by atoms with Crippen molar-refractivity contribution < 1.29 is 14.3 Å². The molecule has 3 aromatic carbocycles. The third-order valence-corrected chi connectivity index (χ3v) is 6.44. The molecule has 0 spiro atoms. The van der Waals surface area contributed by atoms with E-state index in [0.717, 1.165) is 33.8 Å². The first-order valence-corrected chi connectivity index (χ1v) is 12.0. The van der Waals surface area contributed by atoms with E-state index >= 15 is 0 Å². The molecule has 0 radical (unpaired) electrons. The zero-order valence-electron chi connectivity index (χ0n) is 21.1. The Morgan fingerprint density at radius 1 is 0.889 bits per heavy atom. The van der Waals surface area contributed by atoms with Gasteiger partial charge in [-0.1, -0.05) is 60.2 Å². The van der Waals surface area contributed by atoms with Crippen molar-refractivity contribution in [3.05, 3.63) is 118 Å². The first-order valence-electron chi connectivity index (χ1n) is 12.0. The summed E-state index contributed by atoms with van der Waals surface area (Å²) in [6.45, 7) is 5.97. The van der Waals surface area contributed by atoms with Gasteiger partial charge in [-0.05, 0) is 68.1 Å². The largest absolute Gasteiger partial charge is 0.469 e. The summed E-state index contributed by atoms with van der Waals surface area (Å²) in [5.74, 6) is -0.389. The van der Waals surface area contributed by atoms with Crippen LogP contribution in [-0.2, 0) is 16.0 Å². The molecule has 6 nitrogen and oxygen atoms in total. The number of carbonyl (C=O) groups excluding carboxylic acids is 2. The number of nitrogens with one attached hydrogen (secondary N) is 1. The van der Waals surface area contributed by atoms with E-state index in [1.807, 2.05) is 80.1 Å². The number of nitrogens with zero attached hydrogens (tertiary/aromatic N) is 2. The van der Waals surface area contributed by atoms with Crippen LogP contribution in [0.3, 0.4) is 0 Å². The van der Waals surface area contributed by atoms with Crippen molar-refractivity contribution in [2.75, 3.05) is 7.11 Å². The van der Waals surface area contributed by atoms with E-state index in [2.05, 4.69) is 34.7 Å². The molecule has 4 aromatic rings. The van der Waals surface area contributed by atoms with Crippen LogP contribution in [0, 0.1) is 20.8 Å². The van der Waals surface area contributed by atoms with Crippen LogP contribution in [0.25, 0.3) is 5.69 Å². The molecule has 0 aliphatic rings. The highest BCUT2D eigenvalue weighted by Gasteiger charge is 2.19. The van der Waals surface area contributed by atoms with Gasteiger partial charge in [0.15, 0.2) is 0 Å². The number of carbonyl (C=O) groups is 2. The molecule has 0 bridgehead atoms. The molecular formula is C30H31N3O3. The smallest absolute Gasteiger partial charge is 0.305 e. The molecule has 1 N–H and O–H groups in total. The fraction of sp³-hybridized carbons (Fsp3) is 0.233. The maximum Gasteiger partial charge on any atom is 0.305 e. The molecule has 1 atom stereocenters. The maximum absolute atomic E-state index is 13.2. The van der Waals surface area contributed by atoms with Crippen molar-refractivity contribution in [3.63, 3.8) is 0 Å². The summed E-state index contributed by atoms with van der Waals surface area (Å²) in [5, 5.41) is 7.85. The van der Waals surface area contributed by atoms with Gasteiger partial charge in [0.05, 0.1) is 24.5 Å². The standard InChI is InChI=1S/C30H31N3O3/c1-20-10-12-24(13-11-20)29(23-8-6-5-7-9-23)31-30(35)25-14-16-26(17-15-25)33-22(3)27(21(2)32-33)18-19-28(34)36-4/h5-17,29H,18-19H2,1-4H3,(H,31,35). The Morgan fingerprint density at radius 3 is 2.17 bits per heavy atom. The molecule has 0 saturated heterocycles. The first kappa shape index (κ1) is 24.9. The average molecular weight is 482 g/mol. The lowest BCUT2D eigenvalue weighted by atomic mass is 9.97. The fourth-order valence-electron chi connectivity index (χ4n) is 4.35. The summed E-state index contributed by atoms with van der Waals surface area (Å²) >= 11 is 0. The van der Waals surface area contributed by atoms with Crippen molar-refractivity contribution >= 4 is 11.9 Å². The van der Waals surface area contributed by atoms with Crippen LogP contribution < -0.4 is 5.32 Å². The Labute approximate surface area is 211 Å². The number of aryl methyl sites for hydroxylation is 2. The number of hydrogen-bond donors (Lipinski definition) is 1. The Balaban J connectivity index is 1.54. The molecule has 0 saturated carbocycles. The SMILES string of the molecule is COC(=O)CCc1c(C)nn(-c2ccc(C(=O)NC(c3ccccc3)c3ccc(C)cc3)cc2)c1C. The molecule has 184 valence electrons. The van der Waals surface area contributed by atoms with E-state index in [1.54, 1.807) is 0 Å². The Morgan fingerprint density at radius 2 is 1.53 bits per heavy atom. The van der Waals surface area contributed by atoms with Gasteiger partial charge in [0.2, 0.25) is 0 Å². The van der Waals surface area contributed by atoms with Crippen LogP contribution in [0.2, 0.25) is 0 Å². The number of amides is 1. The van der Waals surface area contributed by atoms with Gasteiger partial charge in [-0.25, -0.2) is 4.68 Å². The number of hydrogen-bond acceptors (Lipinski definition) is 4. The molecule has 36 heavy (non-hydrogen) atoms. The minimum absolute atomic E-state index is 0.150. The number of aromatic nitrogens is 2. The minimum atomic E-state index is -0.257. The molecule has 0 aliphatic carbocycles. The Hall–Kier alpha value is -4.19. The quantitative estimate of drug-likeness (QED) is 0.341. The molecule has 1 heterocycles. The van der Waals surface area contributed by atoms with Crippen molar-refractivity contribution in [1.29, 1.82) is 0 Å².